The number of rotatable bonds is 1. The third kappa shape index (κ3) is 4.23. The van der Waals surface area contributed by atoms with E-state index in [4.69, 9.17) is 16.0 Å². The molecular formula is C15H11ClFNO. The van der Waals surface area contributed by atoms with Crippen LogP contribution in [-0.4, -0.2) is 4.98 Å². The van der Waals surface area contributed by atoms with Crippen LogP contribution in [0.25, 0.3) is 11.3 Å². The first-order chi connectivity index (χ1) is 9.25. The van der Waals surface area contributed by atoms with Crippen molar-refractivity contribution in [3.05, 3.63) is 78.1 Å². The zero-order valence-corrected chi connectivity index (χ0v) is 10.7. The van der Waals surface area contributed by atoms with E-state index in [0.29, 0.717) is 0 Å². The molecule has 1 heterocycles. The quantitative estimate of drug-likeness (QED) is 0.636. The minimum absolute atomic E-state index is 0.175. The highest BCUT2D eigenvalue weighted by Crippen LogP contribution is 2.19. The maximum Gasteiger partial charge on any atom is 0.292 e. The molecule has 0 aliphatic carbocycles. The Bertz CT molecular complexity index is 610. The van der Waals surface area contributed by atoms with Gasteiger partial charge in [0.15, 0.2) is 0 Å². The number of oxazole rings is 1. The van der Waals surface area contributed by atoms with Crippen LogP contribution in [0.4, 0.5) is 4.39 Å². The van der Waals surface area contributed by atoms with Crippen molar-refractivity contribution >= 4 is 11.6 Å². The van der Waals surface area contributed by atoms with Crippen LogP contribution in [0.15, 0.2) is 71.3 Å². The molecule has 0 bridgehead atoms. The fraction of sp³-hybridized carbons (Fsp3) is 0. The van der Waals surface area contributed by atoms with E-state index in [1.165, 1.54) is 18.4 Å². The lowest BCUT2D eigenvalue weighted by Crippen LogP contribution is -1.74. The van der Waals surface area contributed by atoms with Crippen LogP contribution in [0.2, 0.25) is 5.35 Å². The molecule has 0 saturated heterocycles. The molecule has 0 radical (unpaired) electrons. The van der Waals surface area contributed by atoms with E-state index in [9.17, 15) is 4.39 Å². The summed E-state index contributed by atoms with van der Waals surface area (Å²) < 4.78 is 16.8. The summed E-state index contributed by atoms with van der Waals surface area (Å²) in [7, 11) is 0. The van der Waals surface area contributed by atoms with E-state index in [2.05, 4.69) is 4.98 Å². The number of halogens is 2. The van der Waals surface area contributed by atoms with Gasteiger partial charge in [-0.25, -0.2) is 4.39 Å². The van der Waals surface area contributed by atoms with Crippen molar-refractivity contribution in [1.82, 2.24) is 4.98 Å². The molecule has 3 aromatic rings. The maximum absolute atomic E-state index is 11.9. The molecule has 2 nitrogen and oxygen atoms in total. The topological polar surface area (TPSA) is 26.0 Å². The molecule has 0 fully saturated rings. The largest absolute Gasteiger partial charge is 0.436 e. The van der Waals surface area contributed by atoms with Gasteiger partial charge in [-0.15, -0.1) is 0 Å². The normalized spacial score (nSPS) is 9.58. The van der Waals surface area contributed by atoms with Crippen molar-refractivity contribution in [1.29, 1.82) is 0 Å². The van der Waals surface area contributed by atoms with Crippen LogP contribution in [0.1, 0.15) is 0 Å². The van der Waals surface area contributed by atoms with Gasteiger partial charge < -0.3 is 4.42 Å². The van der Waals surface area contributed by atoms with Crippen LogP contribution in [-0.2, 0) is 0 Å². The predicted octanol–water partition coefficient (Wildman–Crippen LogP) is 4.82. The summed E-state index contributed by atoms with van der Waals surface area (Å²) in [4.78, 5) is 3.98. The fourth-order valence-corrected chi connectivity index (χ4v) is 1.54. The summed E-state index contributed by atoms with van der Waals surface area (Å²) in [6, 6.07) is 17.7. The second-order valence-corrected chi connectivity index (χ2v) is 3.97. The molecule has 19 heavy (non-hydrogen) atoms. The molecule has 0 amide bonds. The van der Waals surface area contributed by atoms with Gasteiger partial charge in [0, 0.05) is 5.56 Å². The van der Waals surface area contributed by atoms with E-state index in [1.54, 1.807) is 18.2 Å². The highest BCUT2D eigenvalue weighted by Gasteiger charge is 2.01. The summed E-state index contributed by atoms with van der Waals surface area (Å²) in [6.07, 6.45) is 1.54. The molecular weight excluding hydrogens is 265 g/mol. The second kappa shape index (κ2) is 6.71. The summed E-state index contributed by atoms with van der Waals surface area (Å²) in [5, 5.41) is 0.175. The van der Waals surface area contributed by atoms with Gasteiger partial charge in [0.2, 0.25) is 0 Å². The monoisotopic (exact) mass is 275 g/mol. The van der Waals surface area contributed by atoms with Crippen molar-refractivity contribution in [2.24, 2.45) is 0 Å². The van der Waals surface area contributed by atoms with E-state index >= 15 is 0 Å². The third-order valence-corrected chi connectivity index (χ3v) is 2.45. The summed E-state index contributed by atoms with van der Waals surface area (Å²) >= 11 is 5.53. The first-order valence-corrected chi connectivity index (χ1v) is 6.00. The Labute approximate surface area is 115 Å². The van der Waals surface area contributed by atoms with Crippen molar-refractivity contribution in [2.45, 2.75) is 0 Å². The van der Waals surface area contributed by atoms with Gasteiger partial charge in [-0.1, -0.05) is 48.5 Å². The Morgan fingerprint density at radius 3 is 1.89 bits per heavy atom. The minimum atomic E-state index is -0.178. The van der Waals surface area contributed by atoms with Gasteiger partial charge in [0.1, 0.15) is 17.8 Å². The molecule has 0 atom stereocenters. The Morgan fingerprint density at radius 2 is 1.47 bits per heavy atom. The van der Waals surface area contributed by atoms with Gasteiger partial charge in [0.05, 0.1) is 0 Å². The summed E-state index contributed by atoms with van der Waals surface area (Å²) in [5.41, 5.74) is 1.77. The number of hydrogen-bond donors (Lipinski definition) is 0. The lowest BCUT2D eigenvalue weighted by Gasteiger charge is -1.91. The molecule has 0 saturated carbocycles. The fourth-order valence-electron chi connectivity index (χ4n) is 1.41. The molecule has 4 heteroatoms. The summed E-state index contributed by atoms with van der Waals surface area (Å²) in [6.45, 7) is 0. The first-order valence-electron chi connectivity index (χ1n) is 5.63. The van der Waals surface area contributed by atoms with Crippen LogP contribution >= 0.6 is 11.6 Å². The summed E-state index contributed by atoms with van der Waals surface area (Å²) in [5.74, 6) is -0.178. The van der Waals surface area contributed by atoms with E-state index in [-0.39, 0.29) is 11.2 Å². The molecule has 0 aliphatic heterocycles. The van der Waals surface area contributed by atoms with E-state index in [1.807, 2.05) is 30.3 Å². The molecule has 1 aromatic heterocycles. The molecule has 0 aliphatic rings. The SMILES string of the molecule is Clc1nc(-c2ccccc2)co1.Fc1ccccc1. The van der Waals surface area contributed by atoms with Gasteiger partial charge in [-0.2, -0.15) is 4.98 Å². The molecule has 0 spiro atoms. The van der Waals surface area contributed by atoms with Crippen molar-refractivity contribution in [2.75, 3.05) is 0 Å². The molecule has 3 rings (SSSR count). The molecule has 2 aromatic carbocycles. The lowest BCUT2D eigenvalue weighted by molar-refractivity contribution is 0.560. The number of aromatic nitrogens is 1. The standard InChI is InChI=1S/C9H6ClNO.C6H5F/c10-9-11-8(6-12-9)7-4-2-1-3-5-7;7-6-4-2-1-3-5-6/h1-6H;1-5H. The van der Waals surface area contributed by atoms with Crippen molar-refractivity contribution in [3.8, 4) is 11.3 Å². The van der Waals surface area contributed by atoms with Crippen molar-refractivity contribution in [3.63, 3.8) is 0 Å². The average molecular weight is 276 g/mol. The predicted molar refractivity (Wildman–Crippen MR) is 73.3 cm³/mol. The molecule has 0 unspecified atom stereocenters. The van der Waals surface area contributed by atoms with Crippen molar-refractivity contribution < 1.29 is 8.81 Å². The Balaban J connectivity index is 0.000000163. The number of benzene rings is 2. The number of nitrogens with zero attached hydrogens (tertiary/aromatic N) is 1. The van der Waals surface area contributed by atoms with Crippen LogP contribution < -0.4 is 0 Å². The third-order valence-electron chi connectivity index (χ3n) is 2.28. The maximum atomic E-state index is 11.9. The Kier molecular flexibility index (Phi) is 4.70. The van der Waals surface area contributed by atoms with Gasteiger partial charge in [-0.05, 0) is 23.7 Å². The highest BCUT2D eigenvalue weighted by atomic mass is 35.5. The van der Waals surface area contributed by atoms with Crippen LogP contribution in [0.5, 0.6) is 0 Å². The number of hydrogen-bond acceptors (Lipinski definition) is 2. The second-order valence-electron chi connectivity index (χ2n) is 3.65. The molecule has 96 valence electrons. The molecule has 0 N–H and O–H groups in total. The van der Waals surface area contributed by atoms with E-state index in [0.717, 1.165) is 11.3 Å². The first kappa shape index (κ1) is 13.3. The zero-order valence-electron chi connectivity index (χ0n) is 9.96. The average Bonchev–Trinajstić information content (AvgIpc) is 2.88. The Hall–Kier alpha value is -2.13. The van der Waals surface area contributed by atoms with E-state index < -0.39 is 0 Å². The van der Waals surface area contributed by atoms with Gasteiger partial charge >= 0.3 is 0 Å². The smallest absolute Gasteiger partial charge is 0.292 e. The zero-order chi connectivity index (χ0) is 13.5. The van der Waals surface area contributed by atoms with Crippen LogP contribution in [0.3, 0.4) is 0 Å². The Morgan fingerprint density at radius 1 is 0.895 bits per heavy atom. The minimum Gasteiger partial charge on any atom is -0.436 e. The van der Waals surface area contributed by atoms with Crippen LogP contribution in [0, 0.1) is 5.82 Å². The lowest BCUT2D eigenvalue weighted by atomic mass is 10.2. The highest BCUT2D eigenvalue weighted by molar-refractivity contribution is 6.27. The van der Waals surface area contributed by atoms with Gasteiger partial charge in [-0.3, -0.25) is 0 Å². The van der Waals surface area contributed by atoms with Gasteiger partial charge in [0.25, 0.3) is 5.35 Å².